The summed E-state index contributed by atoms with van der Waals surface area (Å²) in [5, 5.41) is 12.2. The molecular formula is C14H19N3O. The monoisotopic (exact) mass is 245 g/mol. The first-order chi connectivity index (χ1) is 8.85. The summed E-state index contributed by atoms with van der Waals surface area (Å²) >= 11 is 0. The van der Waals surface area contributed by atoms with Gasteiger partial charge in [0.1, 0.15) is 5.75 Å². The van der Waals surface area contributed by atoms with Crippen LogP contribution in [0.15, 0.2) is 24.3 Å². The normalized spacial score (nSPS) is 20.0. The highest BCUT2D eigenvalue weighted by Gasteiger charge is 2.19. The second-order valence-electron chi connectivity index (χ2n) is 4.48. The van der Waals surface area contributed by atoms with Crippen molar-refractivity contribution in [1.82, 2.24) is 5.32 Å². The van der Waals surface area contributed by atoms with E-state index in [1.54, 1.807) is 7.11 Å². The minimum absolute atomic E-state index is 0.238. The molecule has 1 N–H and O–H groups in total. The standard InChI is InChI=1S/C14H19N3O/c1-18-14-6-3-2-5-13(14)17-10-4-9-16-12(11-17)7-8-15/h2-3,5-6,12,16H,4,7,9-11H2,1H3. The predicted octanol–water partition coefficient (Wildman–Crippen LogP) is 1.78. The van der Waals surface area contributed by atoms with Crippen LogP contribution in [0.4, 0.5) is 5.69 Å². The fourth-order valence-corrected chi connectivity index (χ4v) is 2.35. The maximum absolute atomic E-state index is 8.83. The van der Waals surface area contributed by atoms with Gasteiger partial charge in [0.05, 0.1) is 25.3 Å². The van der Waals surface area contributed by atoms with E-state index < -0.39 is 0 Å². The topological polar surface area (TPSA) is 48.3 Å². The first kappa shape index (κ1) is 12.7. The first-order valence-corrected chi connectivity index (χ1v) is 6.33. The minimum Gasteiger partial charge on any atom is -0.495 e. The van der Waals surface area contributed by atoms with Crippen LogP contribution >= 0.6 is 0 Å². The van der Waals surface area contributed by atoms with E-state index in [2.05, 4.69) is 22.4 Å². The van der Waals surface area contributed by atoms with E-state index >= 15 is 0 Å². The van der Waals surface area contributed by atoms with Crippen LogP contribution < -0.4 is 15.0 Å². The largest absolute Gasteiger partial charge is 0.495 e. The van der Waals surface area contributed by atoms with Gasteiger partial charge in [-0.2, -0.15) is 5.26 Å². The Balaban J connectivity index is 2.17. The summed E-state index contributed by atoms with van der Waals surface area (Å²) in [5.74, 6) is 0.898. The molecule has 0 bridgehead atoms. The van der Waals surface area contributed by atoms with Gasteiger partial charge in [0, 0.05) is 19.1 Å². The van der Waals surface area contributed by atoms with Crippen LogP contribution in [-0.2, 0) is 0 Å². The number of hydrogen-bond acceptors (Lipinski definition) is 4. The number of nitriles is 1. The molecule has 96 valence electrons. The Morgan fingerprint density at radius 1 is 1.50 bits per heavy atom. The highest BCUT2D eigenvalue weighted by Crippen LogP contribution is 2.28. The van der Waals surface area contributed by atoms with Crippen LogP contribution in [0.2, 0.25) is 0 Å². The summed E-state index contributed by atoms with van der Waals surface area (Å²) in [4.78, 5) is 2.31. The zero-order valence-corrected chi connectivity index (χ0v) is 10.7. The quantitative estimate of drug-likeness (QED) is 0.881. The summed E-state index contributed by atoms with van der Waals surface area (Å²) in [7, 11) is 1.70. The number of anilines is 1. The molecule has 0 saturated carbocycles. The van der Waals surface area contributed by atoms with Gasteiger partial charge in [-0.05, 0) is 25.1 Å². The van der Waals surface area contributed by atoms with E-state index in [9.17, 15) is 0 Å². The number of rotatable bonds is 3. The maximum atomic E-state index is 8.83. The lowest BCUT2D eigenvalue weighted by Gasteiger charge is -2.26. The Hall–Kier alpha value is -1.73. The highest BCUT2D eigenvalue weighted by molar-refractivity contribution is 5.58. The predicted molar refractivity (Wildman–Crippen MR) is 71.8 cm³/mol. The summed E-state index contributed by atoms with van der Waals surface area (Å²) in [6, 6.07) is 10.5. The summed E-state index contributed by atoms with van der Waals surface area (Å²) in [5.41, 5.74) is 1.12. The Labute approximate surface area is 108 Å². The zero-order valence-electron chi connectivity index (χ0n) is 10.7. The van der Waals surface area contributed by atoms with Gasteiger partial charge < -0.3 is 15.0 Å². The second-order valence-corrected chi connectivity index (χ2v) is 4.48. The average molecular weight is 245 g/mol. The van der Waals surface area contributed by atoms with Crippen LogP contribution in [0.3, 0.4) is 0 Å². The summed E-state index contributed by atoms with van der Waals surface area (Å²) < 4.78 is 5.41. The molecule has 0 aliphatic carbocycles. The third-order valence-electron chi connectivity index (χ3n) is 3.24. The van der Waals surface area contributed by atoms with Crippen LogP contribution in [0.25, 0.3) is 0 Å². The Bertz CT molecular complexity index is 427. The van der Waals surface area contributed by atoms with E-state index in [1.165, 1.54) is 0 Å². The van der Waals surface area contributed by atoms with Crippen molar-refractivity contribution in [3.05, 3.63) is 24.3 Å². The van der Waals surface area contributed by atoms with Gasteiger partial charge in [-0.25, -0.2) is 0 Å². The van der Waals surface area contributed by atoms with Crippen molar-refractivity contribution in [3.8, 4) is 11.8 Å². The van der Waals surface area contributed by atoms with Crippen molar-refractivity contribution in [1.29, 1.82) is 5.26 Å². The molecule has 1 saturated heterocycles. The molecule has 1 aliphatic heterocycles. The fourth-order valence-electron chi connectivity index (χ4n) is 2.35. The van der Waals surface area contributed by atoms with Crippen LogP contribution in [0, 0.1) is 11.3 Å². The fraction of sp³-hybridized carbons (Fsp3) is 0.500. The van der Waals surface area contributed by atoms with Gasteiger partial charge in [0.2, 0.25) is 0 Å². The first-order valence-electron chi connectivity index (χ1n) is 6.33. The molecule has 1 unspecified atom stereocenters. The lowest BCUT2D eigenvalue weighted by Crippen LogP contribution is -2.37. The number of nitrogens with one attached hydrogen (secondary N) is 1. The van der Waals surface area contributed by atoms with E-state index in [0.717, 1.165) is 37.5 Å². The summed E-state index contributed by atoms with van der Waals surface area (Å²) in [6.07, 6.45) is 1.63. The van der Waals surface area contributed by atoms with Crippen LogP contribution in [0.5, 0.6) is 5.75 Å². The number of ether oxygens (including phenoxy) is 1. The van der Waals surface area contributed by atoms with Gasteiger partial charge in [-0.15, -0.1) is 0 Å². The maximum Gasteiger partial charge on any atom is 0.142 e. The molecule has 1 heterocycles. The van der Waals surface area contributed by atoms with E-state index in [0.29, 0.717) is 6.42 Å². The molecule has 1 aromatic carbocycles. The van der Waals surface area contributed by atoms with Crippen molar-refractivity contribution in [2.24, 2.45) is 0 Å². The lowest BCUT2D eigenvalue weighted by atomic mass is 10.2. The molecule has 0 amide bonds. The van der Waals surface area contributed by atoms with Crippen molar-refractivity contribution in [2.45, 2.75) is 18.9 Å². The SMILES string of the molecule is COc1ccccc1N1CCCNC(CC#N)C1. The number of nitrogens with zero attached hydrogens (tertiary/aromatic N) is 2. The van der Waals surface area contributed by atoms with Crippen molar-refractivity contribution >= 4 is 5.69 Å². The van der Waals surface area contributed by atoms with Crippen molar-refractivity contribution in [2.75, 3.05) is 31.6 Å². The van der Waals surface area contributed by atoms with Crippen molar-refractivity contribution in [3.63, 3.8) is 0 Å². The van der Waals surface area contributed by atoms with Gasteiger partial charge in [0.15, 0.2) is 0 Å². The minimum atomic E-state index is 0.238. The second kappa shape index (κ2) is 6.27. The van der Waals surface area contributed by atoms with Gasteiger partial charge in [-0.3, -0.25) is 0 Å². The molecular weight excluding hydrogens is 226 g/mol. The molecule has 4 nitrogen and oxygen atoms in total. The van der Waals surface area contributed by atoms with Crippen molar-refractivity contribution < 1.29 is 4.74 Å². The molecule has 1 aromatic rings. The summed E-state index contributed by atoms with van der Waals surface area (Å²) in [6.45, 7) is 2.82. The third-order valence-corrected chi connectivity index (χ3v) is 3.24. The molecule has 0 spiro atoms. The van der Waals surface area contributed by atoms with Gasteiger partial charge in [0.25, 0.3) is 0 Å². The molecule has 4 heteroatoms. The number of benzene rings is 1. The number of para-hydroxylation sites is 2. The van der Waals surface area contributed by atoms with Gasteiger partial charge in [-0.1, -0.05) is 12.1 Å². The Morgan fingerprint density at radius 3 is 3.11 bits per heavy atom. The molecule has 1 aliphatic rings. The lowest BCUT2D eigenvalue weighted by molar-refractivity contribution is 0.414. The van der Waals surface area contributed by atoms with Gasteiger partial charge >= 0.3 is 0 Å². The van der Waals surface area contributed by atoms with Crippen LogP contribution in [0.1, 0.15) is 12.8 Å². The van der Waals surface area contributed by atoms with E-state index in [-0.39, 0.29) is 6.04 Å². The molecule has 18 heavy (non-hydrogen) atoms. The molecule has 2 rings (SSSR count). The smallest absolute Gasteiger partial charge is 0.142 e. The number of methoxy groups -OCH3 is 1. The van der Waals surface area contributed by atoms with E-state index in [4.69, 9.17) is 10.00 Å². The average Bonchev–Trinajstić information content (AvgIpc) is 2.65. The zero-order chi connectivity index (χ0) is 12.8. The molecule has 0 aromatic heterocycles. The number of hydrogen-bond donors (Lipinski definition) is 1. The Morgan fingerprint density at radius 2 is 2.33 bits per heavy atom. The van der Waals surface area contributed by atoms with E-state index in [1.807, 2.05) is 18.2 Å². The third kappa shape index (κ3) is 2.93. The molecule has 1 atom stereocenters. The van der Waals surface area contributed by atoms with Crippen LogP contribution in [-0.4, -0.2) is 32.8 Å². The molecule has 1 fully saturated rings. The highest BCUT2D eigenvalue weighted by atomic mass is 16.5. The Kier molecular flexibility index (Phi) is 4.43. The molecule has 0 radical (unpaired) electrons.